The zero-order valence-corrected chi connectivity index (χ0v) is 9.04. The van der Waals surface area contributed by atoms with Gasteiger partial charge in [0.1, 0.15) is 0 Å². The Bertz CT molecular complexity index is 380. The second-order valence-corrected chi connectivity index (χ2v) is 2.85. The lowest BCUT2D eigenvalue weighted by molar-refractivity contribution is 0.824. The van der Waals surface area contributed by atoms with Crippen molar-refractivity contribution in [1.29, 1.82) is 0 Å². The van der Waals surface area contributed by atoms with Gasteiger partial charge in [-0.25, -0.2) is 0 Å². The number of benzene rings is 2. The molecule has 0 aromatic heterocycles. The van der Waals surface area contributed by atoms with Gasteiger partial charge in [-0.15, -0.1) is 0 Å². The van der Waals surface area contributed by atoms with E-state index in [1.165, 1.54) is 16.3 Å². The largest absolute Gasteiger partial charge is 0.412 e. The fourth-order valence-corrected chi connectivity index (χ4v) is 1.31. The van der Waals surface area contributed by atoms with Gasteiger partial charge in [-0.05, 0) is 17.7 Å². The first-order valence-electron chi connectivity index (χ1n) is 4.82. The SMILES string of the molecule is CC.Cc1ccc2ccccc2c1.O. The van der Waals surface area contributed by atoms with E-state index >= 15 is 0 Å². The average molecular weight is 190 g/mol. The molecule has 0 saturated carbocycles. The summed E-state index contributed by atoms with van der Waals surface area (Å²) in [5.74, 6) is 0. The minimum atomic E-state index is 0. The molecule has 1 heteroatoms. The molecule has 2 aromatic rings. The number of fused-ring (bicyclic) bond motifs is 1. The van der Waals surface area contributed by atoms with Crippen LogP contribution < -0.4 is 0 Å². The van der Waals surface area contributed by atoms with Gasteiger partial charge in [-0.2, -0.15) is 0 Å². The van der Waals surface area contributed by atoms with E-state index in [1.54, 1.807) is 0 Å². The second-order valence-electron chi connectivity index (χ2n) is 2.85. The van der Waals surface area contributed by atoms with Gasteiger partial charge in [0.2, 0.25) is 0 Å². The van der Waals surface area contributed by atoms with Gasteiger partial charge in [-0.3, -0.25) is 0 Å². The first kappa shape index (κ1) is 12.7. The van der Waals surface area contributed by atoms with Crippen molar-refractivity contribution in [3.8, 4) is 0 Å². The molecule has 0 atom stereocenters. The van der Waals surface area contributed by atoms with Crippen LogP contribution in [0, 0.1) is 6.92 Å². The minimum Gasteiger partial charge on any atom is -0.412 e. The average Bonchev–Trinajstić information content (AvgIpc) is 2.21. The maximum atomic E-state index is 2.20. The minimum absolute atomic E-state index is 0. The third kappa shape index (κ3) is 2.86. The summed E-state index contributed by atoms with van der Waals surface area (Å²) in [5, 5.41) is 2.64. The van der Waals surface area contributed by atoms with Crippen LogP contribution in [0.1, 0.15) is 19.4 Å². The summed E-state index contributed by atoms with van der Waals surface area (Å²) in [4.78, 5) is 0. The van der Waals surface area contributed by atoms with Crippen LogP contribution in [0.2, 0.25) is 0 Å². The maximum Gasteiger partial charge on any atom is -0.0181 e. The van der Waals surface area contributed by atoms with Crippen LogP contribution >= 0.6 is 0 Å². The summed E-state index contributed by atoms with van der Waals surface area (Å²) >= 11 is 0. The van der Waals surface area contributed by atoms with Crippen molar-refractivity contribution in [3.05, 3.63) is 48.0 Å². The van der Waals surface area contributed by atoms with Gasteiger partial charge in [0.25, 0.3) is 0 Å². The van der Waals surface area contributed by atoms with Crippen LogP contribution in [0.5, 0.6) is 0 Å². The van der Waals surface area contributed by atoms with Crippen molar-refractivity contribution in [2.24, 2.45) is 0 Å². The monoisotopic (exact) mass is 190 g/mol. The molecule has 2 aromatic carbocycles. The Morgan fingerprint density at radius 2 is 1.36 bits per heavy atom. The summed E-state index contributed by atoms with van der Waals surface area (Å²) in [5.41, 5.74) is 1.32. The Kier molecular flexibility index (Phi) is 5.58. The molecule has 1 nitrogen and oxygen atoms in total. The topological polar surface area (TPSA) is 31.5 Å². The highest BCUT2D eigenvalue weighted by molar-refractivity contribution is 5.82. The molecule has 0 aliphatic carbocycles. The summed E-state index contributed by atoms with van der Waals surface area (Å²) in [6.07, 6.45) is 0. The van der Waals surface area contributed by atoms with Crippen molar-refractivity contribution < 1.29 is 5.48 Å². The van der Waals surface area contributed by atoms with Crippen LogP contribution in [0.15, 0.2) is 42.5 Å². The highest BCUT2D eigenvalue weighted by Gasteiger charge is 1.89. The molecule has 2 rings (SSSR count). The first-order valence-corrected chi connectivity index (χ1v) is 4.82. The summed E-state index contributed by atoms with van der Waals surface area (Å²) in [7, 11) is 0. The van der Waals surface area contributed by atoms with Gasteiger partial charge in [0.15, 0.2) is 0 Å². The lowest BCUT2D eigenvalue weighted by atomic mass is 10.1. The van der Waals surface area contributed by atoms with Crippen molar-refractivity contribution in [2.75, 3.05) is 0 Å². The zero-order valence-electron chi connectivity index (χ0n) is 9.04. The molecule has 0 unspecified atom stereocenters. The van der Waals surface area contributed by atoms with Gasteiger partial charge in [-0.1, -0.05) is 61.9 Å². The second kappa shape index (κ2) is 6.17. The molecular weight excluding hydrogens is 172 g/mol. The van der Waals surface area contributed by atoms with E-state index in [0.29, 0.717) is 0 Å². The van der Waals surface area contributed by atoms with E-state index in [0.717, 1.165) is 0 Å². The molecule has 0 aliphatic heterocycles. The van der Waals surface area contributed by atoms with Crippen LogP contribution in [0.25, 0.3) is 10.8 Å². The molecule has 0 amide bonds. The summed E-state index contributed by atoms with van der Waals surface area (Å²) < 4.78 is 0. The van der Waals surface area contributed by atoms with Gasteiger partial charge < -0.3 is 5.48 Å². The van der Waals surface area contributed by atoms with Gasteiger partial charge in [0.05, 0.1) is 0 Å². The van der Waals surface area contributed by atoms with E-state index in [9.17, 15) is 0 Å². The fraction of sp³-hybridized carbons (Fsp3) is 0.231. The maximum absolute atomic E-state index is 2.20. The Labute approximate surface area is 85.7 Å². The quantitative estimate of drug-likeness (QED) is 0.610. The van der Waals surface area contributed by atoms with Crippen molar-refractivity contribution in [2.45, 2.75) is 20.8 Å². The Morgan fingerprint density at radius 3 is 2.00 bits per heavy atom. The van der Waals surface area contributed by atoms with Crippen LogP contribution in [-0.4, -0.2) is 5.48 Å². The molecule has 0 aliphatic rings. The highest BCUT2D eigenvalue weighted by Crippen LogP contribution is 2.14. The lowest BCUT2D eigenvalue weighted by Crippen LogP contribution is -1.73. The first-order chi connectivity index (χ1) is 6.36. The van der Waals surface area contributed by atoms with Crippen molar-refractivity contribution in [1.82, 2.24) is 0 Å². The standard InChI is InChI=1S/C11H10.C2H6.H2O/c1-9-6-7-10-4-2-3-5-11(10)8-9;1-2;/h2-8H,1H3;1-2H3;1H2. The normalized spacial score (nSPS) is 8.50. The van der Waals surface area contributed by atoms with Crippen LogP contribution in [0.4, 0.5) is 0 Å². The molecule has 0 fully saturated rings. The van der Waals surface area contributed by atoms with Crippen molar-refractivity contribution in [3.63, 3.8) is 0 Å². The summed E-state index contributed by atoms with van der Waals surface area (Å²) in [6.45, 7) is 6.12. The molecule has 2 N–H and O–H groups in total. The molecule has 14 heavy (non-hydrogen) atoms. The van der Waals surface area contributed by atoms with E-state index in [2.05, 4.69) is 49.4 Å². The number of rotatable bonds is 0. The van der Waals surface area contributed by atoms with Crippen LogP contribution in [-0.2, 0) is 0 Å². The zero-order chi connectivity index (χ0) is 9.68. The molecule has 0 saturated heterocycles. The molecule has 0 spiro atoms. The van der Waals surface area contributed by atoms with Gasteiger partial charge in [0, 0.05) is 0 Å². The smallest absolute Gasteiger partial charge is 0.0181 e. The highest BCUT2D eigenvalue weighted by atomic mass is 16.0. The van der Waals surface area contributed by atoms with Gasteiger partial charge >= 0.3 is 0 Å². The molecule has 0 radical (unpaired) electrons. The molecular formula is C13H18O. The lowest BCUT2D eigenvalue weighted by Gasteiger charge is -1.96. The number of aryl methyl sites for hydroxylation is 1. The van der Waals surface area contributed by atoms with E-state index in [-0.39, 0.29) is 5.48 Å². The third-order valence-electron chi connectivity index (χ3n) is 1.90. The Morgan fingerprint density at radius 1 is 0.786 bits per heavy atom. The van der Waals surface area contributed by atoms with E-state index < -0.39 is 0 Å². The predicted molar refractivity (Wildman–Crippen MR) is 63.6 cm³/mol. The Balaban J connectivity index is 0.000000531. The van der Waals surface area contributed by atoms with E-state index in [1.807, 2.05) is 13.8 Å². The number of hydrogen-bond donors (Lipinski definition) is 0. The predicted octanol–water partition coefficient (Wildman–Crippen LogP) is 3.35. The fourth-order valence-electron chi connectivity index (χ4n) is 1.31. The van der Waals surface area contributed by atoms with Crippen molar-refractivity contribution >= 4 is 10.8 Å². The Hall–Kier alpha value is -1.34. The molecule has 0 bridgehead atoms. The molecule has 0 heterocycles. The number of hydrogen-bond acceptors (Lipinski definition) is 0. The third-order valence-corrected chi connectivity index (χ3v) is 1.90. The van der Waals surface area contributed by atoms with Crippen LogP contribution in [0.3, 0.4) is 0 Å². The molecule has 76 valence electrons. The van der Waals surface area contributed by atoms with E-state index in [4.69, 9.17) is 0 Å². The summed E-state index contributed by atoms with van der Waals surface area (Å²) in [6, 6.07) is 14.9.